The van der Waals surface area contributed by atoms with Gasteiger partial charge in [-0.15, -0.1) is 10.2 Å². The van der Waals surface area contributed by atoms with Gasteiger partial charge in [-0.3, -0.25) is 9.69 Å². The molecule has 7 nitrogen and oxygen atoms in total. The van der Waals surface area contributed by atoms with Crippen molar-refractivity contribution in [1.82, 2.24) is 20.4 Å². The van der Waals surface area contributed by atoms with Crippen LogP contribution < -0.4 is 5.32 Å². The monoisotopic (exact) mass is 330 g/mol. The summed E-state index contributed by atoms with van der Waals surface area (Å²) in [6.45, 7) is 3.10. The zero-order valence-corrected chi connectivity index (χ0v) is 13.6. The Kier molecular flexibility index (Phi) is 4.34. The molecule has 1 atom stereocenters. The minimum absolute atomic E-state index is 0.0602. The highest BCUT2D eigenvalue weighted by atomic mass is 16.4. The molecular formula is C17H22N4O3. The molecule has 1 aliphatic heterocycles. The summed E-state index contributed by atoms with van der Waals surface area (Å²) in [7, 11) is 0. The maximum Gasteiger partial charge on any atom is 0.283 e. The van der Waals surface area contributed by atoms with E-state index in [1.54, 1.807) is 18.4 Å². The normalized spacial score (nSPS) is 21.8. The molecule has 128 valence electrons. The summed E-state index contributed by atoms with van der Waals surface area (Å²) in [5, 5.41) is 11.2. The molecule has 2 aromatic heterocycles. The molecule has 1 saturated carbocycles. The van der Waals surface area contributed by atoms with E-state index >= 15 is 0 Å². The molecule has 1 N–H and O–H groups in total. The molecule has 1 saturated heterocycles. The first-order valence-corrected chi connectivity index (χ1v) is 8.64. The SMILES string of the molecule is O=C(NCC1CC1)[C@@H]1CCCN(Cc2nnc(-c3ccco3)o2)C1. The van der Waals surface area contributed by atoms with Gasteiger partial charge in [0.25, 0.3) is 5.89 Å². The van der Waals surface area contributed by atoms with Crippen LogP contribution in [0.4, 0.5) is 0 Å². The van der Waals surface area contributed by atoms with Crippen molar-refractivity contribution >= 4 is 5.91 Å². The second kappa shape index (κ2) is 6.76. The number of nitrogens with one attached hydrogen (secondary N) is 1. The Morgan fingerprint density at radius 3 is 3.04 bits per heavy atom. The molecule has 24 heavy (non-hydrogen) atoms. The molecule has 3 heterocycles. The fourth-order valence-electron chi connectivity index (χ4n) is 3.13. The highest BCUT2D eigenvalue weighted by Gasteiger charge is 2.28. The second-order valence-electron chi connectivity index (χ2n) is 6.74. The summed E-state index contributed by atoms with van der Waals surface area (Å²) >= 11 is 0. The Morgan fingerprint density at radius 2 is 2.25 bits per heavy atom. The van der Waals surface area contributed by atoms with E-state index in [9.17, 15) is 4.79 Å². The van der Waals surface area contributed by atoms with E-state index in [1.807, 2.05) is 0 Å². The number of likely N-dealkylation sites (tertiary alicyclic amines) is 1. The van der Waals surface area contributed by atoms with Crippen LogP contribution in [-0.2, 0) is 11.3 Å². The van der Waals surface area contributed by atoms with Crippen molar-refractivity contribution in [3.8, 4) is 11.7 Å². The lowest BCUT2D eigenvalue weighted by Gasteiger charge is -2.30. The molecule has 0 spiro atoms. The molecule has 1 amide bonds. The van der Waals surface area contributed by atoms with Crippen molar-refractivity contribution in [3.05, 3.63) is 24.3 Å². The molecule has 2 fully saturated rings. The van der Waals surface area contributed by atoms with Crippen LogP contribution in [0.2, 0.25) is 0 Å². The number of hydrogen-bond acceptors (Lipinski definition) is 6. The van der Waals surface area contributed by atoms with Gasteiger partial charge >= 0.3 is 0 Å². The smallest absolute Gasteiger partial charge is 0.283 e. The van der Waals surface area contributed by atoms with Crippen molar-refractivity contribution in [3.63, 3.8) is 0 Å². The van der Waals surface area contributed by atoms with Gasteiger partial charge in [0.15, 0.2) is 5.76 Å². The lowest BCUT2D eigenvalue weighted by Crippen LogP contribution is -2.43. The number of nitrogens with zero attached hydrogens (tertiary/aromatic N) is 3. The molecule has 2 aromatic rings. The fraction of sp³-hybridized carbons (Fsp3) is 0.588. The predicted octanol–water partition coefficient (Wildman–Crippen LogP) is 2.07. The van der Waals surface area contributed by atoms with Crippen LogP contribution in [0.5, 0.6) is 0 Å². The van der Waals surface area contributed by atoms with E-state index in [0.29, 0.717) is 30.0 Å². The highest BCUT2D eigenvalue weighted by molar-refractivity contribution is 5.79. The van der Waals surface area contributed by atoms with Crippen molar-refractivity contribution in [2.24, 2.45) is 11.8 Å². The average molecular weight is 330 g/mol. The molecule has 1 aliphatic carbocycles. The van der Waals surface area contributed by atoms with Crippen LogP contribution in [0.3, 0.4) is 0 Å². The molecule has 7 heteroatoms. The topological polar surface area (TPSA) is 84.4 Å². The van der Waals surface area contributed by atoms with Gasteiger partial charge in [0, 0.05) is 13.1 Å². The van der Waals surface area contributed by atoms with Crippen LogP contribution in [0.1, 0.15) is 31.6 Å². The summed E-state index contributed by atoms with van der Waals surface area (Å²) in [4.78, 5) is 14.5. The van der Waals surface area contributed by atoms with Gasteiger partial charge in [0.1, 0.15) is 0 Å². The van der Waals surface area contributed by atoms with Crippen LogP contribution in [0, 0.1) is 11.8 Å². The van der Waals surface area contributed by atoms with Gasteiger partial charge in [-0.1, -0.05) is 0 Å². The summed E-state index contributed by atoms with van der Waals surface area (Å²) < 4.78 is 10.9. The lowest BCUT2D eigenvalue weighted by atomic mass is 9.97. The number of aromatic nitrogens is 2. The highest BCUT2D eigenvalue weighted by Crippen LogP contribution is 2.28. The number of carbonyl (C=O) groups excluding carboxylic acids is 1. The minimum atomic E-state index is 0.0602. The first-order valence-electron chi connectivity index (χ1n) is 8.64. The zero-order valence-electron chi connectivity index (χ0n) is 13.6. The largest absolute Gasteiger partial charge is 0.459 e. The standard InChI is InChI=1S/C17H22N4O3/c22-16(18-9-12-5-6-12)13-3-1-7-21(10-13)11-15-19-20-17(24-15)14-4-2-8-23-14/h2,4,8,12-13H,1,3,5-7,9-11H2,(H,18,22)/t13-/m1/s1. The van der Waals surface area contributed by atoms with Crippen molar-refractivity contribution in [2.45, 2.75) is 32.2 Å². The molecule has 2 aliphatic rings. The van der Waals surface area contributed by atoms with Crippen LogP contribution in [-0.4, -0.2) is 40.6 Å². The Morgan fingerprint density at radius 1 is 1.33 bits per heavy atom. The Labute approximate surface area is 140 Å². The van der Waals surface area contributed by atoms with Gasteiger partial charge in [0.05, 0.1) is 18.7 Å². The van der Waals surface area contributed by atoms with Crippen molar-refractivity contribution in [2.75, 3.05) is 19.6 Å². The lowest BCUT2D eigenvalue weighted by molar-refractivity contribution is -0.126. The number of rotatable bonds is 6. The second-order valence-corrected chi connectivity index (χ2v) is 6.74. The minimum Gasteiger partial charge on any atom is -0.459 e. The maximum atomic E-state index is 12.3. The molecule has 4 rings (SSSR count). The molecule has 0 bridgehead atoms. The predicted molar refractivity (Wildman–Crippen MR) is 85.7 cm³/mol. The summed E-state index contributed by atoms with van der Waals surface area (Å²) in [6.07, 6.45) is 6.06. The Hall–Kier alpha value is -2.15. The number of carbonyl (C=O) groups is 1. The summed E-state index contributed by atoms with van der Waals surface area (Å²) in [6, 6.07) is 3.58. The number of hydrogen-bond donors (Lipinski definition) is 1. The van der Waals surface area contributed by atoms with E-state index in [-0.39, 0.29) is 11.8 Å². The van der Waals surface area contributed by atoms with Crippen molar-refractivity contribution in [1.29, 1.82) is 0 Å². The van der Waals surface area contributed by atoms with Crippen molar-refractivity contribution < 1.29 is 13.6 Å². The first-order chi connectivity index (χ1) is 11.8. The number of piperidine rings is 1. The van der Waals surface area contributed by atoms with E-state index in [1.165, 1.54) is 12.8 Å². The number of amides is 1. The molecule has 0 aromatic carbocycles. The zero-order chi connectivity index (χ0) is 16.4. The quantitative estimate of drug-likeness (QED) is 0.873. The molecule has 0 radical (unpaired) electrons. The average Bonchev–Trinajstić information content (AvgIpc) is 3.07. The van der Waals surface area contributed by atoms with Gasteiger partial charge in [0.2, 0.25) is 11.8 Å². The van der Waals surface area contributed by atoms with Gasteiger partial charge in [-0.25, -0.2) is 0 Å². The third-order valence-electron chi connectivity index (χ3n) is 4.70. The van der Waals surface area contributed by atoms with Crippen LogP contribution >= 0.6 is 0 Å². The Bertz CT molecular complexity index is 678. The first kappa shape index (κ1) is 15.4. The third kappa shape index (κ3) is 3.67. The maximum absolute atomic E-state index is 12.3. The summed E-state index contributed by atoms with van der Waals surface area (Å²) in [5.41, 5.74) is 0. The fourth-order valence-corrected chi connectivity index (χ4v) is 3.13. The number of furan rings is 1. The van der Waals surface area contributed by atoms with Crippen LogP contribution in [0.15, 0.2) is 27.2 Å². The van der Waals surface area contributed by atoms with E-state index in [2.05, 4.69) is 20.4 Å². The van der Waals surface area contributed by atoms with Gasteiger partial charge < -0.3 is 14.2 Å². The molecular weight excluding hydrogens is 308 g/mol. The van der Waals surface area contributed by atoms with E-state index in [4.69, 9.17) is 8.83 Å². The Balaban J connectivity index is 1.31. The van der Waals surface area contributed by atoms with Gasteiger partial charge in [-0.05, 0) is 50.3 Å². The van der Waals surface area contributed by atoms with E-state index < -0.39 is 0 Å². The van der Waals surface area contributed by atoms with E-state index in [0.717, 1.165) is 32.5 Å². The molecule has 0 unspecified atom stereocenters. The van der Waals surface area contributed by atoms with Gasteiger partial charge in [-0.2, -0.15) is 0 Å². The third-order valence-corrected chi connectivity index (χ3v) is 4.70. The summed E-state index contributed by atoms with van der Waals surface area (Å²) in [5.74, 6) is 2.49. The van der Waals surface area contributed by atoms with Crippen LogP contribution in [0.25, 0.3) is 11.7 Å².